The van der Waals surface area contributed by atoms with Gasteiger partial charge in [0.15, 0.2) is 0 Å². The molecule has 0 spiro atoms. The van der Waals surface area contributed by atoms with E-state index in [4.69, 9.17) is 0 Å². The fourth-order valence-corrected chi connectivity index (χ4v) is 2.09. The molecular weight excluding hydrogens is 252 g/mol. The van der Waals surface area contributed by atoms with Crippen LogP contribution in [0.5, 0.6) is 0 Å². The average molecular weight is 272 g/mol. The molecular formula is C14H20N6. The number of anilines is 2. The molecule has 0 radical (unpaired) electrons. The smallest absolute Gasteiger partial charge is 0.136 e. The maximum atomic E-state index is 4.60. The minimum absolute atomic E-state index is 0.545. The normalized spacial score (nSPS) is 14.3. The molecule has 106 valence electrons. The predicted octanol–water partition coefficient (Wildman–Crippen LogP) is 2.13. The molecule has 0 aliphatic heterocycles. The summed E-state index contributed by atoms with van der Waals surface area (Å²) < 4.78 is 1.80. The zero-order chi connectivity index (χ0) is 13.9. The van der Waals surface area contributed by atoms with Crippen molar-refractivity contribution in [3.63, 3.8) is 0 Å². The highest BCUT2D eigenvalue weighted by Gasteiger charge is 2.27. The van der Waals surface area contributed by atoms with Gasteiger partial charge >= 0.3 is 0 Å². The number of aryl methyl sites for hydroxylation is 1. The quantitative estimate of drug-likeness (QED) is 0.843. The number of nitrogens with zero attached hydrogens (tertiary/aromatic N) is 4. The predicted molar refractivity (Wildman–Crippen MR) is 78.7 cm³/mol. The molecule has 20 heavy (non-hydrogen) atoms. The van der Waals surface area contributed by atoms with E-state index in [1.54, 1.807) is 4.68 Å². The first-order valence-electron chi connectivity index (χ1n) is 7.10. The molecule has 0 amide bonds. The third-order valence-corrected chi connectivity index (χ3v) is 3.26. The second-order valence-corrected chi connectivity index (χ2v) is 5.14. The summed E-state index contributed by atoms with van der Waals surface area (Å²) >= 11 is 0. The minimum Gasteiger partial charge on any atom is -0.370 e. The summed E-state index contributed by atoms with van der Waals surface area (Å²) in [5.41, 5.74) is 1.00. The third-order valence-electron chi connectivity index (χ3n) is 3.26. The van der Waals surface area contributed by atoms with Gasteiger partial charge in [-0.3, -0.25) is 4.68 Å². The van der Waals surface area contributed by atoms with Crippen LogP contribution in [0.4, 0.5) is 11.6 Å². The van der Waals surface area contributed by atoms with Crippen molar-refractivity contribution in [3.05, 3.63) is 29.8 Å². The van der Waals surface area contributed by atoms with E-state index in [9.17, 15) is 0 Å². The number of hydrogen-bond donors (Lipinski definition) is 2. The molecule has 1 aliphatic carbocycles. The Kier molecular flexibility index (Phi) is 3.54. The first-order chi connectivity index (χ1) is 9.74. The van der Waals surface area contributed by atoms with Crippen LogP contribution < -0.4 is 10.6 Å². The van der Waals surface area contributed by atoms with Crippen LogP contribution in [-0.2, 0) is 13.6 Å². The summed E-state index contributed by atoms with van der Waals surface area (Å²) in [6.45, 7) is 3.61. The van der Waals surface area contributed by atoms with Crippen LogP contribution in [-0.4, -0.2) is 26.3 Å². The van der Waals surface area contributed by atoms with Gasteiger partial charge in [-0.2, -0.15) is 5.10 Å². The molecule has 2 N–H and O–H groups in total. The number of nitrogens with one attached hydrogen (secondary N) is 2. The molecule has 0 unspecified atom stereocenters. The van der Waals surface area contributed by atoms with E-state index >= 15 is 0 Å². The third kappa shape index (κ3) is 3.07. The Morgan fingerprint density at radius 1 is 1.25 bits per heavy atom. The van der Waals surface area contributed by atoms with Crippen molar-refractivity contribution in [1.82, 2.24) is 19.7 Å². The van der Waals surface area contributed by atoms with Crippen LogP contribution in [0.15, 0.2) is 18.3 Å². The first-order valence-corrected chi connectivity index (χ1v) is 7.10. The lowest BCUT2D eigenvalue weighted by Crippen LogP contribution is -2.08. The molecule has 0 bridgehead atoms. The zero-order valence-corrected chi connectivity index (χ0v) is 11.9. The fraction of sp³-hybridized carbons (Fsp3) is 0.500. The Morgan fingerprint density at radius 2 is 2.00 bits per heavy atom. The van der Waals surface area contributed by atoms with Gasteiger partial charge in [0, 0.05) is 31.8 Å². The van der Waals surface area contributed by atoms with Crippen LogP contribution in [0, 0.1) is 0 Å². The number of hydrogen-bond acceptors (Lipinski definition) is 5. The van der Waals surface area contributed by atoms with Gasteiger partial charge in [-0.1, -0.05) is 0 Å². The highest BCUT2D eigenvalue weighted by atomic mass is 15.3. The summed E-state index contributed by atoms with van der Waals surface area (Å²) in [5.74, 6) is 3.26. The van der Waals surface area contributed by atoms with Gasteiger partial charge in [-0.25, -0.2) is 9.97 Å². The standard InChI is InChI=1S/C14H20N6/c1-3-15-12-8-13(18-14(17-12)10-4-5-10)16-9-11-6-7-20(2)19-11/h6-8,10H,3-5,9H2,1-2H3,(H2,15,16,17,18). The summed E-state index contributed by atoms with van der Waals surface area (Å²) in [6, 6.07) is 3.96. The Labute approximate surface area is 118 Å². The second kappa shape index (κ2) is 5.48. The fourth-order valence-electron chi connectivity index (χ4n) is 2.09. The zero-order valence-electron chi connectivity index (χ0n) is 11.9. The maximum absolute atomic E-state index is 4.60. The van der Waals surface area contributed by atoms with E-state index in [1.165, 1.54) is 12.8 Å². The molecule has 2 aromatic rings. The monoisotopic (exact) mass is 272 g/mol. The van der Waals surface area contributed by atoms with Gasteiger partial charge in [0.25, 0.3) is 0 Å². The molecule has 6 heteroatoms. The van der Waals surface area contributed by atoms with Crippen LogP contribution in [0.25, 0.3) is 0 Å². The van der Waals surface area contributed by atoms with Gasteiger partial charge in [-0.05, 0) is 25.8 Å². The summed E-state index contributed by atoms with van der Waals surface area (Å²) in [6.07, 6.45) is 4.35. The number of rotatable bonds is 6. The molecule has 2 aromatic heterocycles. The van der Waals surface area contributed by atoms with Crippen molar-refractivity contribution in [2.75, 3.05) is 17.2 Å². The van der Waals surface area contributed by atoms with Crippen molar-refractivity contribution in [1.29, 1.82) is 0 Å². The van der Waals surface area contributed by atoms with Crippen molar-refractivity contribution in [2.45, 2.75) is 32.2 Å². The van der Waals surface area contributed by atoms with E-state index in [0.29, 0.717) is 12.5 Å². The lowest BCUT2D eigenvalue weighted by atomic mass is 10.3. The Balaban J connectivity index is 1.73. The summed E-state index contributed by atoms with van der Waals surface area (Å²) in [7, 11) is 1.92. The molecule has 3 rings (SSSR count). The molecule has 1 aliphatic rings. The van der Waals surface area contributed by atoms with Crippen LogP contribution in [0.1, 0.15) is 37.2 Å². The highest BCUT2D eigenvalue weighted by Crippen LogP contribution is 2.38. The van der Waals surface area contributed by atoms with Gasteiger partial charge < -0.3 is 10.6 Å². The van der Waals surface area contributed by atoms with E-state index in [-0.39, 0.29) is 0 Å². The molecule has 6 nitrogen and oxygen atoms in total. The Bertz CT molecular complexity index is 587. The van der Waals surface area contributed by atoms with E-state index in [1.807, 2.05) is 25.4 Å². The van der Waals surface area contributed by atoms with Gasteiger partial charge in [0.2, 0.25) is 0 Å². The van der Waals surface area contributed by atoms with Crippen LogP contribution in [0.2, 0.25) is 0 Å². The van der Waals surface area contributed by atoms with Crippen molar-refractivity contribution < 1.29 is 0 Å². The van der Waals surface area contributed by atoms with Crippen molar-refractivity contribution in [2.24, 2.45) is 7.05 Å². The molecule has 0 saturated heterocycles. The SMILES string of the molecule is CCNc1cc(NCc2ccn(C)n2)nc(C2CC2)n1. The number of aromatic nitrogens is 4. The van der Waals surface area contributed by atoms with Crippen molar-refractivity contribution >= 4 is 11.6 Å². The molecule has 0 aromatic carbocycles. The lowest BCUT2D eigenvalue weighted by molar-refractivity contribution is 0.746. The van der Waals surface area contributed by atoms with E-state index in [0.717, 1.165) is 29.7 Å². The van der Waals surface area contributed by atoms with Crippen molar-refractivity contribution in [3.8, 4) is 0 Å². The lowest BCUT2D eigenvalue weighted by Gasteiger charge is -2.09. The Morgan fingerprint density at radius 3 is 2.60 bits per heavy atom. The topological polar surface area (TPSA) is 67.7 Å². The summed E-state index contributed by atoms with van der Waals surface area (Å²) in [5, 5.41) is 10.9. The van der Waals surface area contributed by atoms with Crippen LogP contribution >= 0.6 is 0 Å². The molecule has 2 heterocycles. The summed E-state index contributed by atoms with van der Waals surface area (Å²) in [4.78, 5) is 9.17. The molecule has 0 atom stereocenters. The van der Waals surface area contributed by atoms with E-state index in [2.05, 4.69) is 32.6 Å². The minimum atomic E-state index is 0.545. The first kappa shape index (κ1) is 12.9. The van der Waals surface area contributed by atoms with E-state index < -0.39 is 0 Å². The highest BCUT2D eigenvalue weighted by molar-refractivity contribution is 5.48. The largest absolute Gasteiger partial charge is 0.370 e. The van der Waals surface area contributed by atoms with Gasteiger partial charge in [0.05, 0.1) is 12.2 Å². The Hall–Kier alpha value is -2.11. The average Bonchev–Trinajstić information content (AvgIpc) is 3.20. The molecule has 1 fully saturated rings. The van der Waals surface area contributed by atoms with Crippen LogP contribution in [0.3, 0.4) is 0 Å². The second-order valence-electron chi connectivity index (χ2n) is 5.14. The van der Waals surface area contributed by atoms with Gasteiger partial charge in [-0.15, -0.1) is 0 Å². The maximum Gasteiger partial charge on any atom is 0.136 e. The van der Waals surface area contributed by atoms with Gasteiger partial charge in [0.1, 0.15) is 17.5 Å². The molecule has 1 saturated carbocycles.